The van der Waals surface area contributed by atoms with Gasteiger partial charge in [0.15, 0.2) is 0 Å². The van der Waals surface area contributed by atoms with Crippen molar-refractivity contribution in [1.29, 1.82) is 0 Å². The number of nitrogens with one attached hydrogen (secondary N) is 1. The van der Waals surface area contributed by atoms with Crippen LogP contribution in [-0.2, 0) is 12.6 Å². The van der Waals surface area contributed by atoms with Gasteiger partial charge in [0.05, 0.1) is 5.56 Å². The number of carbonyl (C=O) groups is 1. The van der Waals surface area contributed by atoms with Crippen LogP contribution in [-0.4, -0.2) is 17.4 Å². The molecule has 0 saturated heterocycles. The molecule has 156 valence electrons. The zero-order valence-corrected chi connectivity index (χ0v) is 16.0. The van der Waals surface area contributed by atoms with E-state index in [2.05, 4.69) is 4.98 Å². The van der Waals surface area contributed by atoms with Gasteiger partial charge in [-0.25, -0.2) is 4.39 Å². The number of hydrogen-bond donors (Lipinski definition) is 1. The van der Waals surface area contributed by atoms with Crippen LogP contribution in [0.15, 0.2) is 65.5 Å². The minimum absolute atomic E-state index is 0.00815. The SMILES string of the molecule is Cc1ccc(C(=O)N(CCc2cccc(F)c2)c2cccc(C(F)(F)F)c2)c(=O)[nH]1. The number of H-pyrrole nitrogens is 1. The Labute approximate surface area is 169 Å². The number of aromatic nitrogens is 1. The highest BCUT2D eigenvalue weighted by atomic mass is 19.4. The Hall–Kier alpha value is -3.42. The summed E-state index contributed by atoms with van der Waals surface area (Å²) >= 11 is 0. The molecule has 2 aromatic carbocycles. The van der Waals surface area contributed by atoms with E-state index in [4.69, 9.17) is 0 Å². The van der Waals surface area contributed by atoms with Gasteiger partial charge in [-0.1, -0.05) is 18.2 Å². The minimum atomic E-state index is -4.59. The summed E-state index contributed by atoms with van der Waals surface area (Å²) in [6.45, 7) is 1.60. The number of aryl methyl sites for hydroxylation is 1. The number of alkyl halides is 3. The average Bonchev–Trinajstić information content (AvgIpc) is 2.67. The van der Waals surface area contributed by atoms with Crippen molar-refractivity contribution in [2.45, 2.75) is 19.5 Å². The molecule has 0 fully saturated rings. The van der Waals surface area contributed by atoms with Crippen molar-refractivity contribution in [3.05, 3.63) is 99.2 Å². The molecule has 3 rings (SSSR count). The molecule has 8 heteroatoms. The lowest BCUT2D eigenvalue weighted by molar-refractivity contribution is -0.137. The molecule has 0 aliphatic carbocycles. The van der Waals surface area contributed by atoms with E-state index in [-0.39, 0.29) is 24.2 Å². The van der Waals surface area contributed by atoms with Gasteiger partial charge in [0.25, 0.3) is 11.5 Å². The van der Waals surface area contributed by atoms with Crippen molar-refractivity contribution in [2.24, 2.45) is 0 Å². The predicted octanol–water partition coefficient (Wildman–Crippen LogP) is 4.73. The van der Waals surface area contributed by atoms with Crippen molar-refractivity contribution in [3.63, 3.8) is 0 Å². The average molecular weight is 418 g/mol. The monoisotopic (exact) mass is 418 g/mol. The lowest BCUT2D eigenvalue weighted by Gasteiger charge is -2.24. The molecule has 1 amide bonds. The number of halogens is 4. The Morgan fingerprint density at radius 3 is 2.43 bits per heavy atom. The summed E-state index contributed by atoms with van der Waals surface area (Å²) in [7, 11) is 0. The molecule has 1 aromatic heterocycles. The van der Waals surface area contributed by atoms with Crippen LogP contribution in [0.3, 0.4) is 0 Å². The molecule has 30 heavy (non-hydrogen) atoms. The predicted molar refractivity (Wildman–Crippen MR) is 105 cm³/mol. The lowest BCUT2D eigenvalue weighted by atomic mass is 10.1. The van der Waals surface area contributed by atoms with Gasteiger partial charge in [0.2, 0.25) is 0 Å². The molecule has 0 aliphatic rings. The quantitative estimate of drug-likeness (QED) is 0.609. The van der Waals surface area contributed by atoms with E-state index in [9.17, 15) is 27.2 Å². The summed E-state index contributed by atoms with van der Waals surface area (Å²) in [5, 5.41) is 0. The molecule has 1 heterocycles. The molecule has 0 spiro atoms. The minimum Gasteiger partial charge on any atom is -0.326 e. The number of nitrogens with zero attached hydrogens (tertiary/aromatic N) is 1. The van der Waals surface area contributed by atoms with E-state index < -0.39 is 29.0 Å². The van der Waals surface area contributed by atoms with Gasteiger partial charge in [-0.2, -0.15) is 13.2 Å². The molecule has 0 aliphatic heterocycles. The largest absolute Gasteiger partial charge is 0.416 e. The fourth-order valence-electron chi connectivity index (χ4n) is 3.02. The third-order valence-electron chi connectivity index (χ3n) is 4.53. The van der Waals surface area contributed by atoms with Crippen LogP contribution in [0.5, 0.6) is 0 Å². The second-order valence-electron chi connectivity index (χ2n) is 6.77. The Morgan fingerprint density at radius 2 is 1.77 bits per heavy atom. The molecule has 4 nitrogen and oxygen atoms in total. The van der Waals surface area contributed by atoms with Crippen molar-refractivity contribution in [1.82, 2.24) is 4.98 Å². The third-order valence-corrected chi connectivity index (χ3v) is 4.53. The van der Waals surface area contributed by atoms with Crippen molar-refractivity contribution in [2.75, 3.05) is 11.4 Å². The number of amides is 1. The van der Waals surface area contributed by atoms with Crippen LogP contribution in [0.4, 0.5) is 23.2 Å². The van der Waals surface area contributed by atoms with Crippen LogP contribution < -0.4 is 10.5 Å². The Bertz CT molecular complexity index is 1120. The fourth-order valence-corrected chi connectivity index (χ4v) is 3.02. The number of rotatable bonds is 5. The third kappa shape index (κ3) is 4.94. The number of pyridine rings is 1. The topological polar surface area (TPSA) is 53.2 Å². The molecule has 0 bridgehead atoms. The van der Waals surface area contributed by atoms with Gasteiger partial charge in [-0.3, -0.25) is 9.59 Å². The van der Waals surface area contributed by atoms with Crippen LogP contribution in [0.2, 0.25) is 0 Å². The maximum Gasteiger partial charge on any atom is 0.416 e. The first kappa shape index (κ1) is 21.3. The summed E-state index contributed by atoms with van der Waals surface area (Å²) in [5.41, 5.74) is -0.646. The summed E-state index contributed by atoms with van der Waals surface area (Å²) in [5.74, 6) is -1.20. The zero-order valence-electron chi connectivity index (χ0n) is 16.0. The molecular formula is C22H18F4N2O2. The van der Waals surface area contributed by atoms with E-state index in [1.54, 1.807) is 13.0 Å². The highest BCUT2D eigenvalue weighted by molar-refractivity contribution is 6.05. The van der Waals surface area contributed by atoms with Crippen LogP contribution in [0.25, 0.3) is 0 Å². The van der Waals surface area contributed by atoms with Crippen molar-refractivity contribution in [3.8, 4) is 0 Å². The molecule has 0 unspecified atom stereocenters. The maximum absolute atomic E-state index is 13.5. The van der Waals surface area contributed by atoms with E-state index in [1.165, 1.54) is 42.5 Å². The van der Waals surface area contributed by atoms with E-state index in [1.807, 2.05) is 0 Å². The van der Waals surface area contributed by atoms with Gasteiger partial charge in [-0.05, 0) is 61.4 Å². The second kappa shape index (κ2) is 8.52. The number of hydrogen-bond acceptors (Lipinski definition) is 2. The Kier molecular flexibility index (Phi) is 6.05. The van der Waals surface area contributed by atoms with Gasteiger partial charge in [-0.15, -0.1) is 0 Å². The second-order valence-corrected chi connectivity index (χ2v) is 6.77. The number of aromatic amines is 1. The number of benzene rings is 2. The number of carbonyl (C=O) groups excluding carboxylic acids is 1. The van der Waals surface area contributed by atoms with Crippen LogP contribution in [0, 0.1) is 12.7 Å². The van der Waals surface area contributed by atoms with Gasteiger partial charge >= 0.3 is 6.18 Å². The number of anilines is 1. The normalized spacial score (nSPS) is 11.4. The standard InChI is InChI=1S/C22H18F4N2O2/c1-14-8-9-19(20(29)27-14)21(30)28(11-10-15-4-2-6-17(23)12-15)18-7-3-5-16(13-18)22(24,25)26/h2-9,12-13H,10-11H2,1H3,(H,27,29). The first-order chi connectivity index (χ1) is 14.1. The van der Waals surface area contributed by atoms with Crippen LogP contribution >= 0.6 is 0 Å². The Balaban J connectivity index is 2.00. The van der Waals surface area contributed by atoms with Gasteiger partial charge in [0.1, 0.15) is 11.4 Å². The molecule has 0 saturated carbocycles. The summed E-state index contributed by atoms with van der Waals surface area (Å²) in [6, 6.07) is 12.9. The fraction of sp³-hybridized carbons (Fsp3) is 0.182. The van der Waals surface area contributed by atoms with E-state index >= 15 is 0 Å². The molecule has 1 N–H and O–H groups in total. The van der Waals surface area contributed by atoms with E-state index in [0.717, 1.165) is 17.0 Å². The smallest absolute Gasteiger partial charge is 0.326 e. The zero-order chi connectivity index (χ0) is 21.9. The molecule has 0 radical (unpaired) electrons. The van der Waals surface area contributed by atoms with Crippen LogP contribution in [0.1, 0.15) is 27.2 Å². The summed E-state index contributed by atoms with van der Waals surface area (Å²) in [6.07, 6.45) is -4.40. The lowest BCUT2D eigenvalue weighted by Crippen LogP contribution is -2.36. The summed E-state index contributed by atoms with van der Waals surface area (Å²) < 4.78 is 52.9. The molecule has 0 atom stereocenters. The van der Waals surface area contributed by atoms with Gasteiger partial charge < -0.3 is 9.88 Å². The first-order valence-electron chi connectivity index (χ1n) is 9.08. The molecule has 3 aromatic rings. The van der Waals surface area contributed by atoms with Crippen molar-refractivity contribution >= 4 is 11.6 Å². The van der Waals surface area contributed by atoms with E-state index in [0.29, 0.717) is 11.3 Å². The van der Waals surface area contributed by atoms with Crippen molar-refractivity contribution < 1.29 is 22.4 Å². The Morgan fingerprint density at radius 1 is 1.03 bits per heavy atom. The highest BCUT2D eigenvalue weighted by Crippen LogP contribution is 2.32. The van der Waals surface area contributed by atoms with Gasteiger partial charge in [0, 0.05) is 17.9 Å². The first-order valence-corrected chi connectivity index (χ1v) is 9.08. The maximum atomic E-state index is 13.5. The highest BCUT2D eigenvalue weighted by Gasteiger charge is 2.31. The molecular weight excluding hydrogens is 400 g/mol. The summed E-state index contributed by atoms with van der Waals surface area (Å²) in [4.78, 5) is 28.9.